The molecule has 0 aliphatic carbocycles. The van der Waals surface area contributed by atoms with Gasteiger partial charge in [-0.25, -0.2) is 4.79 Å². The van der Waals surface area contributed by atoms with Crippen LogP contribution in [0, 0.1) is 0 Å². The van der Waals surface area contributed by atoms with Gasteiger partial charge in [-0.3, -0.25) is 14.4 Å². The number of hydrogen-bond donors (Lipinski definition) is 2. The summed E-state index contributed by atoms with van der Waals surface area (Å²) in [5.41, 5.74) is 0. The minimum Gasteiger partial charge on any atom is -0.464 e. The molecule has 0 bridgehead atoms. The third kappa shape index (κ3) is 7.06. The molecule has 10 nitrogen and oxygen atoms in total. The third-order valence-corrected chi connectivity index (χ3v) is 2.52. The predicted octanol–water partition coefficient (Wildman–Crippen LogP) is -1.34. The highest BCUT2D eigenvalue weighted by Crippen LogP contribution is 2.22. The van der Waals surface area contributed by atoms with Gasteiger partial charge < -0.3 is 29.2 Å². The highest BCUT2D eigenvalue weighted by molar-refractivity contribution is 5.81. The summed E-state index contributed by atoms with van der Waals surface area (Å²) in [6.07, 6.45) is -3.66. The van der Waals surface area contributed by atoms with Crippen molar-refractivity contribution in [2.24, 2.45) is 0 Å². The van der Waals surface area contributed by atoms with Gasteiger partial charge in [-0.05, 0) is 0 Å². The molecule has 0 radical (unpaired) electrons. The first kappa shape index (κ1) is 20.8. The van der Waals surface area contributed by atoms with Gasteiger partial charge in [0.2, 0.25) is 0 Å². The van der Waals surface area contributed by atoms with Crippen molar-refractivity contribution in [1.82, 2.24) is 0 Å². The van der Waals surface area contributed by atoms with Crippen LogP contribution in [-0.4, -0.2) is 65.8 Å². The molecule has 0 aromatic heterocycles. The molecule has 0 aromatic rings. The Morgan fingerprint density at radius 1 is 0.957 bits per heavy atom. The summed E-state index contributed by atoms with van der Waals surface area (Å²) in [5.74, 6) is -6.75. The van der Waals surface area contributed by atoms with E-state index in [4.69, 9.17) is 9.47 Å². The molecule has 132 valence electrons. The fourth-order valence-corrected chi connectivity index (χ4v) is 1.74. The fraction of sp³-hybridized carbons (Fsp3) is 0.692. The molecule has 0 saturated heterocycles. The van der Waals surface area contributed by atoms with E-state index in [9.17, 15) is 29.4 Å². The van der Waals surface area contributed by atoms with Crippen molar-refractivity contribution in [3.05, 3.63) is 0 Å². The fourth-order valence-electron chi connectivity index (χ4n) is 1.74. The van der Waals surface area contributed by atoms with Crippen molar-refractivity contribution in [2.45, 2.75) is 45.2 Å². The Kier molecular flexibility index (Phi) is 8.19. The highest BCUT2D eigenvalue weighted by Gasteiger charge is 2.46. The number of hydrogen-bond acceptors (Lipinski definition) is 10. The number of carbonyl (C=O) groups excluding carboxylic acids is 4. The Hall–Kier alpha value is -2.20. The number of esters is 4. The highest BCUT2D eigenvalue weighted by atomic mass is 16.7. The molecule has 0 saturated carbocycles. The topological polar surface area (TPSA) is 146 Å². The molecular weight excluding hydrogens is 316 g/mol. The van der Waals surface area contributed by atoms with Gasteiger partial charge in [-0.15, -0.1) is 0 Å². The molecule has 0 aromatic carbocycles. The van der Waals surface area contributed by atoms with E-state index in [2.05, 4.69) is 9.47 Å². The summed E-state index contributed by atoms with van der Waals surface area (Å²) in [6.45, 7) is 2.24. The lowest BCUT2D eigenvalue weighted by Crippen LogP contribution is -2.50. The molecule has 0 rings (SSSR count). The molecule has 0 spiro atoms. The Morgan fingerprint density at radius 3 is 1.78 bits per heavy atom. The van der Waals surface area contributed by atoms with Crippen LogP contribution in [0.25, 0.3) is 0 Å². The Balaban J connectivity index is 5.50. The molecule has 0 fully saturated rings. The number of aliphatic hydroxyl groups excluding tert-OH is 1. The first-order chi connectivity index (χ1) is 10.6. The van der Waals surface area contributed by atoms with E-state index >= 15 is 0 Å². The largest absolute Gasteiger partial charge is 0.464 e. The molecule has 0 unspecified atom stereocenters. The number of methoxy groups -OCH3 is 1. The second-order valence-electron chi connectivity index (χ2n) is 4.55. The van der Waals surface area contributed by atoms with Gasteiger partial charge in [0, 0.05) is 20.8 Å². The van der Waals surface area contributed by atoms with Gasteiger partial charge in [-0.1, -0.05) is 0 Å². The van der Waals surface area contributed by atoms with Crippen LogP contribution in [0.1, 0.15) is 27.2 Å². The van der Waals surface area contributed by atoms with E-state index < -0.39 is 54.9 Å². The molecule has 0 aliphatic rings. The Labute approximate surface area is 132 Å². The van der Waals surface area contributed by atoms with Crippen molar-refractivity contribution < 1.29 is 48.3 Å². The van der Waals surface area contributed by atoms with Gasteiger partial charge in [-0.2, -0.15) is 0 Å². The standard InChI is InChI=1S/C13H20O10/c1-7(15)21-10(11(6-14)22-8(2)16)5-13(19,12(18)20-4)23-9(3)17/h10-11,14,19H,5-6H2,1-4H3/t10-,11+,13-/m1/s1. The van der Waals surface area contributed by atoms with E-state index in [0.29, 0.717) is 0 Å². The second kappa shape index (κ2) is 9.06. The summed E-state index contributed by atoms with van der Waals surface area (Å²) in [4.78, 5) is 44.9. The molecule has 0 amide bonds. The summed E-state index contributed by atoms with van der Waals surface area (Å²) in [5, 5.41) is 19.4. The lowest BCUT2D eigenvalue weighted by molar-refractivity contribution is -0.237. The number of carbonyl (C=O) groups is 4. The van der Waals surface area contributed by atoms with Gasteiger partial charge in [0.15, 0.2) is 6.10 Å². The Bertz CT molecular complexity index is 460. The maximum Gasteiger partial charge on any atom is 0.379 e. The van der Waals surface area contributed by atoms with E-state index in [1.165, 1.54) is 0 Å². The van der Waals surface area contributed by atoms with Crippen molar-refractivity contribution in [1.29, 1.82) is 0 Å². The van der Waals surface area contributed by atoms with E-state index in [1.54, 1.807) is 0 Å². The van der Waals surface area contributed by atoms with Gasteiger partial charge >= 0.3 is 29.7 Å². The van der Waals surface area contributed by atoms with Crippen LogP contribution in [-0.2, 0) is 38.1 Å². The van der Waals surface area contributed by atoms with E-state index in [-0.39, 0.29) is 0 Å². The number of rotatable bonds is 8. The van der Waals surface area contributed by atoms with E-state index in [1.807, 2.05) is 0 Å². The molecular formula is C13H20O10. The number of ether oxygens (including phenoxy) is 4. The third-order valence-electron chi connectivity index (χ3n) is 2.52. The lowest BCUT2D eigenvalue weighted by Gasteiger charge is -2.31. The van der Waals surface area contributed by atoms with Crippen LogP contribution < -0.4 is 0 Å². The van der Waals surface area contributed by atoms with Crippen molar-refractivity contribution in [3.8, 4) is 0 Å². The molecule has 0 aliphatic heterocycles. The summed E-state index contributed by atoms with van der Waals surface area (Å²) < 4.78 is 18.5. The summed E-state index contributed by atoms with van der Waals surface area (Å²) >= 11 is 0. The van der Waals surface area contributed by atoms with Crippen LogP contribution in [0.5, 0.6) is 0 Å². The summed E-state index contributed by atoms with van der Waals surface area (Å²) in [7, 11) is 0.938. The van der Waals surface area contributed by atoms with Crippen LogP contribution in [0.4, 0.5) is 0 Å². The maximum atomic E-state index is 11.7. The molecule has 0 heterocycles. The van der Waals surface area contributed by atoms with Gasteiger partial charge in [0.25, 0.3) is 0 Å². The van der Waals surface area contributed by atoms with Crippen molar-refractivity contribution in [3.63, 3.8) is 0 Å². The predicted molar refractivity (Wildman–Crippen MR) is 71.5 cm³/mol. The van der Waals surface area contributed by atoms with Crippen LogP contribution in [0.3, 0.4) is 0 Å². The van der Waals surface area contributed by atoms with Crippen molar-refractivity contribution >= 4 is 23.9 Å². The zero-order valence-corrected chi connectivity index (χ0v) is 13.2. The molecule has 3 atom stereocenters. The first-order valence-corrected chi connectivity index (χ1v) is 6.51. The Morgan fingerprint density at radius 2 is 1.43 bits per heavy atom. The quantitative estimate of drug-likeness (QED) is 0.310. The van der Waals surface area contributed by atoms with Crippen LogP contribution >= 0.6 is 0 Å². The van der Waals surface area contributed by atoms with Crippen molar-refractivity contribution in [2.75, 3.05) is 13.7 Å². The normalized spacial score (nSPS) is 15.6. The molecule has 10 heteroatoms. The SMILES string of the molecule is COC(=O)[C@@](O)(C[C@@H](OC(C)=O)[C@H](CO)OC(C)=O)OC(C)=O. The lowest BCUT2D eigenvalue weighted by atomic mass is 10.0. The number of aliphatic hydroxyl groups is 2. The van der Waals surface area contributed by atoms with Crippen LogP contribution in [0.15, 0.2) is 0 Å². The first-order valence-electron chi connectivity index (χ1n) is 6.51. The van der Waals surface area contributed by atoms with Gasteiger partial charge in [0.05, 0.1) is 20.1 Å². The minimum atomic E-state index is -2.78. The average molecular weight is 336 g/mol. The average Bonchev–Trinajstić information content (AvgIpc) is 2.41. The zero-order valence-electron chi connectivity index (χ0n) is 13.2. The van der Waals surface area contributed by atoms with Crippen LogP contribution in [0.2, 0.25) is 0 Å². The summed E-state index contributed by atoms with van der Waals surface area (Å²) in [6, 6.07) is 0. The smallest absolute Gasteiger partial charge is 0.379 e. The molecule has 23 heavy (non-hydrogen) atoms. The minimum absolute atomic E-state index is 0.769. The maximum absolute atomic E-state index is 11.7. The van der Waals surface area contributed by atoms with Gasteiger partial charge in [0.1, 0.15) is 6.10 Å². The monoisotopic (exact) mass is 336 g/mol. The second-order valence-corrected chi connectivity index (χ2v) is 4.55. The molecule has 2 N–H and O–H groups in total. The zero-order chi connectivity index (χ0) is 18.2. The van der Waals surface area contributed by atoms with E-state index in [0.717, 1.165) is 27.9 Å².